The first-order valence-electron chi connectivity index (χ1n) is 6.59. The number of nitrogens with two attached hydrogens (primary N) is 1. The first-order valence-corrected chi connectivity index (χ1v) is 6.59. The van der Waals surface area contributed by atoms with Crippen LogP contribution in [0.5, 0.6) is 0 Å². The third-order valence-corrected chi connectivity index (χ3v) is 3.07. The van der Waals surface area contributed by atoms with Crippen molar-refractivity contribution in [1.29, 1.82) is 0 Å². The number of nitrogen functional groups attached to an aromatic ring is 1. The molecule has 3 N–H and O–H groups in total. The van der Waals surface area contributed by atoms with Gasteiger partial charge in [0.25, 0.3) is 0 Å². The summed E-state index contributed by atoms with van der Waals surface area (Å²) >= 11 is 0. The zero-order valence-electron chi connectivity index (χ0n) is 11.9. The molecule has 0 saturated heterocycles. The summed E-state index contributed by atoms with van der Waals surface area (Å²) in [6, 6.07) is 6.47. The number of anilines is 2. The molecular formula is C15H19FN4. The number of halogens is 1. The van der Waals surface area contributed by atoms with Gasteiger partial charge in [0.15, 0.2) is 0 Å². The molecule has 0 atom stereocenters. The van der Waals surface area contributed by atoms with E-state index in [1.54, 1.807) is 6.07 Å². The Morgan fingerprint density at radius 1 is 1.30 bits per heavy atom. The van der Waals surface area contributed by atoms with Gasteiger partial charge in [-0.15, -0.1) is 0 Å². The minimum Gasteiger partial charge on any atom is -0.383 e. The maximum Gasteiger partial charge on any atom is 0.135 e. The highest BCUT2D eigenvalue weighted by Gasteiger charge is 2.11. The van der Waals surface area contributed by atoms with E-state index in [1.165, 1.54) is 12.1 Å². The van der Waals surface area contributed by atoms with Crippen LogP contribution < -0.4 is 11.1 Å². The van der Waals surface area contributed by atoms with E-state index in [2.05, 4.69) is 15.3 Å². The van der Waals surface area contributed by atoms with Crippen LogP contribution in [0.2, 0.25) is 0 Å². The molecule has 0 unspecified atom stereocenters. The Balaban J connectivity index is 2.20. The number of nitrogens with one attached hydrogen (secondary N) is 1. The second kappa shape index (κ2) is 5.86. The lowest BCUT2D eigenvalue weighted by Crippen LogP contribution is -2.10. The molecule has 0 bridgehead atoms. The van der Waals surface area contributed by atoms with Gasteiger partial charge in [-0.25, -0.2) is 14.4 Å². The lowest BCUT2D eigenvalue weighted by atomic mass is 10.2. The van der Waals surface area contributed by atoms with E-state index in [-0.39, 0.29) is 11.7 Å². The standard InChI is InChI=1S/C15H19FN4/c1-9(2)14-19-13(17)10(3)15(20-14)18-8-11-5-4-6-12(16)7-11/h4-7,9H,8H2,1-3H3,(H3,17,18,19,20). The van der Waals surface area contributed by atoms with Crippen molar-refractivity contribution in [1.82, 2.24) is 9.97 Å². The summed E-state index contributed by atoms with van der Waals surface area (Å²) in [7, 11) is 0. The SMILES string of the molecule is Cc1c(N)nc(C(C)C)nc1NCc1cccc(F)c1. The van der Waals surface area contributed by atoms with E-state index < -0.39 is 0 Å². The van der Waals surface area contributed by atoms with Crippen LogP contribution in [0.4, 0.5) is 16.0 Å². The van der Waals surface area contributed by atoms with E-state index in [0.29, 0.717) is 24.0 Å². The predicted molar refractivity (Wildman–Crippen MR) is 79.0 cm³/mol. The molecule has 2 rings (SSSR count). The van der Waals surface area contributed by atoms with Crippen LogP contribution in [-0.4, -0.2) is 9.97 Å². The van der Waals surface area contributed by atoms with Crippen molar-refractivity contribution in [3.8, 4) is 0 Å². The van der Waals surface area contributed by atoms with E-state index in [4.69, 9.17) is 5.73 Å². The third kappa shape index (κ3) is 3.23. The van der Waals surface area contributed by atoms with E-state index in [9.17, 15) is 4.39 Å². The molecule has 2 aromatic rings. The molecular weight excluding hydrogens is 255 g/mol. The Morgan fingerprint density at radius 2 is 2.05 bits per heavy atom. The van der Waals surface area contributed by atoms with Gasteiger partial charge in [0.2, 0.25) is 0 Å². The molecule has 0 saturated carbocycles. The summed E-state index contributed by atoms with van der Waals surface area (Å²) in [5.74, 6) is 1.84. The zero-order chi connectivity index (χ0) is 14.7. The maximum atomic E-state index is 13.1. The quantitative estimate of drug-likeness (QED) is 0.898. The van der Waals surface area contributed by atoms with Crippen LogP contribution in [0, 0.1) is 12.7 Å². The maximum absolute atomic E-state index is 13.1. The number of rotatable bonds is 4. The van der Waals surface area contributed by atoms with Crippen LogP contribution in [0.25, 0.3) is 0 Å². The minimum absolute atomic E-state index is 0.201. The monoisotopic (exact) mass is 274 g/mol. The van der Waals surface area contributed by atoms with Crippen molar-refractivity contribution in [3.63, 3.8) is 0 Å². The number of hydrogen-bond donors (Lipinski definition) is 2. The van der Waals surface area contributed by atoms with Crippen molar-refractivity contribution in [2.24, 2.45) is 0 Å². The van der Waals surface area contributed by atoms with Crippen LogP contribution in [0.15, 0.2) is 24.3 Å². The highest BCUT2D eigenvalue weighted by atomic mass is 19.1. The second-order valence-electron chi connectivity index (χ2n) is 5.08. The highest BCUT2D eigenvalue weighted by Crippen LogP contribution is 2.21. The smallest absolute Gasteiger partial charge is 0.135 e. The molecule has 0 radical (unpaired) electrons. The van der Waals surface area contributed by atoms with Crippen molar-refractivity contribution in [2.75, 3.05) is 11.1 Å². The Morgan fingerprint density at radius 3 is 2.70 bits per heavy atom. The number of benzene rings is 1. The first kappa shape index (κ1) is 14.2. The lowest BCUT2D eigenvalue weighted by Gasteiger charge is -2.13. The van der Waals surface area contributed by atoms with Gasteiger partial charge in [0.05, 0.1) is 0 Å². The third-order valence-electron chi connectivity index (χ3n) is 3.07. The van der Waals surface area contributed by atoms with Gasteiger partial charge in [-0.05, 0) is 24.6 Å². The average molecular weight is 274 g/mol. The highest BCUT2D eigenvalue weighted by molar-refractivity contribution is 5.55. The summed E-state index contributed by atoms with van der Waals surface area (Å²) < 4.78 is 13.1. The summed E-state index contributed by atoms with van der Waals surface area (Å²) in [5.41, 5.74) is 7.57. The van der Waals surface area contributed by atoms with Gasteiger partial charge in [0, 0.05) is 18.0 Å². The summed E-state index contributed by atoms with van der Waals surface area (Å²) in [6.45, 7) is 6.39. The van der Waals surface area contributed by atoms with E-state index >= 15 is 0 Å². The van der Waals surface area contributed by atoms with Crippen molar-refractivity contribution in [2.45, 2.75) is 33.2 Å². The van der Waals surface area contributed by atoms with Crippen molar-refractivity contribution in [3.05, 3.63) is 47.0 Å². The number of hydrogen-bond acceptors (Lipinski definition) is 4. The van der Waals surface area contributed by atoms with Gasteiger partial charge >= 0.3 is 0 Å². The Bertz CT molecular complexity index is 611. The molecule has 1 aromatic carbocycles. The molecule has 1 aromatic heterocycles. The molecule has 0 amide bonds. The predicted octanol–water partition coefficient (Wildman–Crippen LogP) is 3.24. The van der Waals surface area contributed by atoms with Crippen LogP contribution in [0.1, 0.15) is 36.7 Å². The lowest BCUT2D eigenvalue weighted by molar-refractivity contribution is 0.626. The fourth-order valence-electron chi connectivity index (χ4n) is 1.81. The van der Waals surface area contributed by atoms with E-state index in [0.717, 1.165) is 11.1 Å². The zero-order valence-corrected chi connectivity index (χ0v) is 11.9. The molecule has 106 valence electrons. The largest absolute Gasteiger partial charge is 0.383 e. The fourth-order valence-corrected chi connectivity index (χ4v) is 1.81. The Labute approximate surface area is 118 Å². The summed E-state index contributed by atoms with van der Waals surface area (Å²) in [5, 5.41) is 3.19. The molecule has 0 aliphatic heterocycles. The second-order valence-corrected chi connectivity index (χ2v) is 5.08. The van der Waals surface area contributed by atoms with Crippen molar-refractivity contribution >= 4 is 11.6 Å². The fraction of sp³-hybridized carbons (Fsp3) is 0.333. The topological polar surface area (TPSA) is 63.8 Å². The number of nitrogens with zero attached hydrogens (tertiary/aromatic N) is 2. The Kier molecular flexibility index (Phi) is 4.17. The minimum atomic E-state index is -0.244. The van der Waals surface area contributed by atoms with Gasteiger partial charge < -0.3 is 11.1 Å². The van der Waals surface area contributed by atoms with E-state index in [1.807, 2.05) is 26.8 Å². The average Bonchev–Trinajstić information content (AvgIpc) is 2.40. The molecule has 0 aliphatic carbocycles. The molecule has 0 spiro atoms. The van der Waals surface area contributed by atoms with Gasteiger partial charge in [-0.3, -0.25) is 0 Å². The summed E-state index contributed by atoms with van der Waals surface area (Å²) in [6.07, 6.45) is 0. The normalized spacial score (nSPS) is 10.8. The van der Waals surface area contributed by atoms with Crippen LogP contribution >= 0.6 is 0 Å². The van der Waals surface area contributed by atoms with Gasteiger partial charge in [-0.2, -0.15) is 0 Å². The van der Waals surface area contributed by atoms with Crippen LogP contribution in [0.3, 0.4) is 0 Å². The molecule has 4 nitrogen and oxygen atoms in total. The molecule has 1 heterocycles. The first-order chi connectivity index (χ1) is 9.47. The number of aromatic nitrogens is 2. The van der Waals surface area contributed by atoms with Crippen LogP contribution in [-0.2, 0) is 6.54 Å². The Hall–Kier alpha value is -2.17. The molecule has 0 aliphatic rings. The summed E-state index contributed by atoms with van der Waals surface area (Å²) in [4.78, 5) is 8.74. The van der Waals surface area contributed by atoms with Gasteiger partial charge in [0.1, 0.15) is 23.3 Å². The van der Waals surface area contributed by atoms with Crippen molar-refractivity contribution < 1.29 is 4.39 Å². The molecule has 20 heavy (non-hydrogen) atoms. The van der Waals surface area contributed by atoms with Gasteiger partial charge in [-0.1, -0.05) is 26.0 Å². The molecule has 5 heteroatoms. The molecule has 0 fully saturated rings.